The van der Waals surface area contributed by atoms with E-state index in [0.29, 0.717) is 19.4 Å². The van der Waals surface area contributed by atoms with Gasteiger partial charge in [0.2, 0.25) is 5.91 Å². The van der Waals surface area contributed by atoms with E-state index in [1.165, 1.54) is 0 Å². The summed E-state index contributed by atoms with van der Waals surface area (Å²) in [5, 5.41) is 2.59. The number of hydrogen-bond acceptors (Lipinski definition) is 2. The molecule has 0 radical (unpaired) electrons. The molecule has 3 nitrogen and oxygen atoms in total. The Kier molecular flexibility index (Phi) is 6.79. The first-order valence-electron chi connectivity index (χ1n) is 7.39. The molecule has 0 saturated heterocycles. The Bertz CT molecular complexity index is 307. The number of alkyl halides is 3. The Hall–Kier alpha value is -0.780. The van der Waals surface area contributed by atoms with Crippen LogP contribution in [0.1, 0.15) is 45.4 Å². The Balaban J connectivity index is 2.42. The van der Waals surface area contributed by atoms with Crippen LogP contribution in [0.2, 0.25) is 0 Å². The van der Waals surface area contributed by atoms with Gasteiger partial charge in [0, 0.05) is 19.0 Å². The van der Waals surface area contributed by atoms with E-state index in [1.807, 2.05) is 18.9 Å². The van der Waals surface area contributed by atoms with Crippen molar-refractivity contribution in [3.05, 3.63) is 0 Å². The number of amides is 1. The minimum Gasteiger partial charge on any atom is -0.353 e. The summed E-state index contributed by atoms with van der Waals surface area (Å²) in [6.45, 7) is 3.53. The maximum absolute atomic E-state index is 12.9. The summed E-state index contributed by atoms with van der Waals surface area (Å²) in [5.74, 6) is -1.65. The molecule has 0 aromatic carbocycles. The molecule has 1 rings (SSSR count). The molecule has 0 unspecified atom stereocenters. The first kappa shape index (κ1) is 17.3. The van der Waals surface area contributed by atoms with Crippen LogP contribution in [0.4, 0.5) is 13.2 Å². The molecule has 0 bridgehead atoms. The summed E-state index contributed by atoms with van der Waals surface area (Å²) in [7, 11) is 1.91. The molecule has 20 heavy (non-hydrogen) atoms. The van der Waals surface area contributed by atoms with Crippen LogP contribution in [0.25, 0.3) is 0 Å². The number of halogens is 3. The van der Waals surface area contributed by atoms with Gasteiger partial charge < -0.3 is 10.2 Å². The lowest BCUT2D eigenvalue weighted by molar-refractivity contribution is -0.189. The number of nitrogens with zero attached hydrogens (tertiary/aromatic N) is 1. The van der Waals surface area contributed by atoms with E-state index in [-0.39, 0.29) is 18.7 Å². The van der Waals surface area contributed by atoms with E-state index in [0.717, 1.165) is 19.4 Å². The van der Waals surface area contributed by atoms with Crippen molar-refractivity contribution in [2.75, 3.05) is 20.1 Å². The Labute approximate surface area is 118 Å². The van der Waals surface area contributed by atoms with Crippen LogP contribution in [0.15, 0.2) is 0 Å². The summed E-state index contributed by atoms with van der Waals surface area (Å²) in [5.41, 5.74) is 0. The Morgan fingerprint density at radius 2 is 1.90 bits per heavy atom. The van der Waals surface area contributed by atoms with Gasteiger partial charge in [-0.15, -0.1) is 0 Å². The first-order valence-corrected chi connectivity index (χ1v) is 7.39. The highest BCUT2D eigenvalue weighted by Crippen LogP contribution is 2.37. The SMILES string of the molecule is CCCN(C)CCC(=O)N[C@H]1CCCC[C@H]1C(F)(F)F. The van der Waals surface area contributed by atoms with Crippen molar-refractivity contribution in [2.45, 2.75) is 57.7 Å². The summed E-state index contributed by atoms with van der Waals surface area (Å²) >= 11 is 0. The second-order valence-electron chi connectivity index (χ2n) is 5.66. The van der Waals surface area contributed by atoms with Gasteiger partial charge in [0.1, 0.15) is 0 Å². The van der Waals surface area contributed by atoms with Gasteiger partial charge in [0.15, 0.2) is 0 Å². The molecular weight excluding hydrogens is 269 g/mol. The second kappa shape index (κ2) is 7.86. The molecule has 0 aromatic heterocycles. The monoisotopic (exact) mass is 294 g/mol. The van der Waals surface area contributed by atoms with Gasteiger partial charge in [-0.3, -0.25) is 4.79 Å². The number of hydrogen-bond donors (Lipinski definition) is 1. The highest BCUT2D eigenvalue weighted by Gasteiger charge is 2.45. The van der Waals surface area contributed by atoms with Crippen molar-refractivity contribution >= 4 is 5.91 Å². The van der Waals surface area contributed by atoms with Crippen molar-refractivity contribution in [3.8, 4) is 0 Å². The van der Waals surface area contributed by atoms with Gasteiger partial charge in [-0.05, 0) is 32.9 Å². The van der Waals surface area contributed by atoms with E-state index >= 15 is 0 Å². The number of carbonyl (C=O) groups is 1. The van der Waals surface area contributed by atoms with Crippen LogP contribution in [-0.4, -0.2) is 43.2 Å². The normalized spacial score (nSPS) is 23.9. The highest BCUT2D eigenvalue weighted by molar-refractivity contribution is 5.76. The third-order valence-electron chi connectivity index (χ3n) is 3.86. The number of nitrogens with one attached hydrogen (secondary N) is 1. The smallest absolute Gasteiger partial charge is 0.353 e. The van der Waals surface area contributed by atoms with E-state index in [2.05, 4.69) is 5.32 Å². The predicted octanol–water partition coefficient (Wildman–Crippen LogP) is 2.96. The average Bonchev–Trinajstić information content (AvgIpc) is 2.36. The molecular formula is C14H25F3N2O. The van der Waals surface area contributed by atoms with Gasteiger partial charge in [0.25, 0.3) is 0 Å². The third kappa shape index (κ3) is 5.69. The summed E-state index contributed by atoms with van der Waals surface area (Å²) in [4.78, 5) is 13.8. The topological polar surface area (TPSA) is 32.3 Å². The molecule has 0 aromatic rings. The van der Waals surface area contributed by atoms with Crippen LogP contribution >= 0.6 is 0 Å². The molecule has 1 saturated carbocycles. The average molecular weight is 294 g/mol. The molecule has 1 N–H and O–H groups in total. The maximum Gasteiger partial charge on any atom is 0.393 e. The van der Waals surface area contributed by atoms with Crippen LogP contribution in [0.3, 0.4) is 0 Å². The van der Waals surface area contributed by atoms with Crippen LogP contribution in [-0.2, 0) is 4.79 Å². The van der Waals surface area contributed by atoms with Crippen molar-refractivity contribution in [2.24, 2.45) is 5.92 Å². The molecule has 0 heterocycles. The predicted molar refractivity (Wildman–Crippen MR) is 72.3 cm³/mol. The first-order chi connectivity index (χ1) is 9.34. The van der Waals surface area contributed by atoms with Crippen molar-refractivity contribution < 1.29 is 18.0 Å². The van der Waals surface area contributed by atoms with Crippen LogP contribution < -0.4 is 5.32 Å². The van der Waals surface area contributed by atoms with Crippen molar-refractivity contribution in [1.82, 2.24) is 10.2 Å². The lowest BCUT2D eigenvalue weighted by Crippen LogP contribution is -2.48. The minimum absolute atomic E-state index is 0.129. The molecule has 1 amide bonds. The number of carbonyl (C=O) groups excluding carboxylic acids is 1. The molecule has 2 atom stereocenters. The largest absolute Gasteiger partial charge is 0.393 e. The molecule has 0 aliphatic heterocycles. The number of rotatable bonds is 6. The highest BCUT2D eigenvalue weighted by atomic mass is 19.4. The van der Waals surface area contributed by atoms with Crippen LogP contribution in [0, 0.1) is 5.92 Å². The standard InChI is InChI=1S/C14H25F3N2O/c1-3-9-19(2)10-8-13(20)18-12-7-5-4-6-11(12)14(15,16)17/h11-12H,3-10H2,1-2H3,(H,18,20)/t11-,12+/m1/s1. The fourth-order valence-corrected chi connectivity index (χ4v) is 2.76. The quantitative estimate of drug-likeness (QED) is 0.817. The zero-order chi connectivity index (χ0) is 15.2. The molecule has 1 fully saturated rings. The zero-order valence-electron chi connectivity index (χ0n) is 12.3. The molecule has 6 heteroatoms. The second-order valence-corrected chi connectivity index (χ2v) is 5.66. The van der Waals surface area contributed by atoms with Crippen molar-refractivity contribution in [3.63, 3.8) is 0 Å². The van der Waals surface area contributed by atoms with E-state index < -0.39 is 18.1 Å². The van der Waals surface area contributed by atoms with Crippen molar-refractivity contribution in [1.29, 1.82) is 0 Å². The van der Waals surface area contributed by atoms with Gasteiger partial charge in [-0.1, -0.05) is 19.8 Å². The molecule has 118 valence electrons. The van der Waals surface area contributed by atoms with Gasteiger partial charge in [-0.2, -0.15) is 13.2 Å². The lowest BCUT2D eigenvalue weighted by Gasteiger charge is -2.33. The fourth-order valence-electron chi connectivity index (χ4n) is 2.76. The Morgan fingerprint density at radius 1 is 1.25 bits per heavy atom. The zero-order valence-corrected chi connectivity index (χ0v) is 12.3. The molecule has 1 aliphatic rings. The third-order valence-corrected chi connectivity index (χ3v) is 3.86. The lowest BCUT2D eigenvalue weighted by atomic mass is 9.84. The Morgan fingerprint density at radius 3 is 2.50 bits per heavy atom. The van der Waals surface area contributed by atoms with E-state index in [1.54, 1.807) is 0 Å². The van der Waals surface area contributed by atoms with E-state index in [4.69, 9.17) is 0 Å². The minimum atomic E-state index is -4.21. The van der Waals surface area contributed by atoms with Gasteiger partial charge in [-0.25, -0.2) is 0 Å². The maximum atomic E-state index is 12.9. The molecule has 1 aliphatic carbocycles. The summed E-state index contributed by atoms with van der Waals surface area (Å²) < 4.78 is 38.7. The van der Waals surface area contributed by atoms with Gasteiger partial charge in [0.05, 0.1) is 5.92 Å². The summed E-state index contributed by atoms with van der Waals surface area (Å²) in [6.07, 6.45) is -1.04. The van der Waals surface area contributed by atoms with Gasteiger partial charge >= 0.3 is 6.18 Å². The van der Waals surface area contributed by atoms with E-state index in [9.17, 15) is 18.0 Å². The van der Waals surface area contributed by atoms with Crippen LogP contribution in [0.5, 0.6) is 0 Å². The summed E-state index contributed by atoms with van der Waals surface area (Å²) in [6, 6.07) is -0.743. The molecule has 0 spiro atoms. The fraction of sp³-hybridized carbons (Fsp3) is 0.929.